The summed E-state index contributed by atoms with van der Waals surface area (Å²) in [4.78, 5) is 11.1. The highest BCUT2D eigenvalue weighted by Crippen LogP contribution is 2.43. The van der Waals surface area contributed by atoms with E-state index in [0.717, 1.165) is 28.5 Å². The molecule has 5 rings (SSSR count). The molecule has 0 fully saturated rings. The smallest absolute Gasteiger partial charge is 0.231 e. The first kappa shape index (κ1) is 17.7. The monoisotopic (exact) mass is 430 g/mol. The van der Waals surface area contributed by atoms with Crippen molar-refractivity contribution in [1.29, 1.82) is 0 Å². The number of fused-ring (bicyclic) bond motifs is 2. The SMILES string of the molecule is Nc1nccc2c1nc(Sc1cc3c(cc1Cl)OCO3)n2CCc1cccs1. The number of nitrogens with zero attached hydrogens (tertiary/aromatic N) is 3. The molecule has 0 amide bonds. The van der Waals surface area contributed by atoms with E-state index < -0.39 is 0 Å². The Hall–Kier alpha value is -2.42. The van der Waals surface area contributed by atoms with Crippen LogP contribution in [0.15, 0.2) is 52.0 Å². The summed E-state index contributed by atoms with van der Waals surface area (Å²) in [6.45, 7) is 0.992. The highest BCUT2D eigenvalue weighted by molar-refractivity contribution is 7.99. The van der Waals surface area contributed by atoms with Crippen molar-refractivity contribution in [3.05, 3.63) is 51.8 Å². The van der Waals surface area contributed by atoms with Gasteiger partial charge in [0.05, 0.1) is 10.5 Å². The van der Waals surface area contributed by atoms with Gasteiger partial charge in [-0.3, -0.25) is 0 Å². The third kappa shape index (κ3) is 3.17. The van der Waals surface area contributed by atoms with Gasteiger partial charge in [0, 0.05) is 28.6 Å². The van der Waals surface area contributed by atoms with Crippen molar-refractivity contribution in [2.75, 3.05) is 12.5 Å². The van der Waals surface area contributed by atoms with E-state index >= 15 is 0 Å². The molecule has 0 spiro atoms. The van der Waals surface area contributed by atoms with Crippen molar-refractivity contribution in [2.45, 2.75) is 23.0 Å². The zero-order valence-corrected chi connectivity index (χ0v) is 17.0. The fourth-order valence-corrected chi connectivity index (χ4v) is 5.02. The summed E-state index contributed by atoms with van der Waals surface area (Å²) in [5, 5.41) is 3.50. The summed E-state index contributed by atoms with van der Waals surface area (Å²) >= 11 is 9.70. The third-order valence-electron chi connectivity index (χ3n) is 4.45. The van der Waals surface area contributed by atoms with E-state index in [1.165, 1.54) is 16.6 Å². The molecule has 0 saturated heterocycles. The second-order valence-corrected chi connectivity index (χ2v) is 8.63. The van der Waals surface area contributed by atoms with Crippen LogP contribution in [0.1, 0.15) is 4.88 Å². The van der Waals surface area contributed by atoms with Gasteiger partial charge >= 0.3 is 0 Å². The molecular weight excluding hydrogens is 416 g/mol. The number of nitrogens with two attached hydrogens (primary N) is 1. The van der Waals surface area contributed by atoms with Gasteiger partial charge in [-0.15, -0.1) is 11.3 Å². The average Bonchev–Trinajstić information content (AvgIpc) is 3.41. The lowest BCUT2D eigenvalue weighted by molar-refractivity contribution is 0.174. The number of thiophene rings is 1. The van der Waals surface area contributed by atoms with Crippen LogP contribution >= 0.6 is 34.7 Å². The predicted octanol–water partition coefficient (Wildman–Crippen LogP) is 4.85. The zero-order chi connectivity index (χ0) is 19.1. The van der Waals surface area contributed by atoms with Crippen molar-refractivity contribution in [3.8, 4) is 11.5 Å². The molecule has 6 nitrogen and oxygen atoms in total. The second-order valence-electron chi connectivity index (χ2n) is 6.18. The summed E-state index contributed by atoms with van der Waals surface area (Å²) in [6, 6.07) is 9.82. The number of pyridine rings is 1. The van der Waals surface area contributed by atoms with Gasteiger partial charge in [0.1, 0.15) is 5.52 Å². The van der Waals surface area contributed by atoms with Crippen LogP contribution in [0.2, 0.25) is 5.02 Å². The minimum absolute atomic E-state index is 0.210. The number of aryl methyl sites for hydroxylation is 2. The molecule has 0 saturated carbocycles. The lowest BCUT2D eigenvalue weighted by Crippen LogP contribution is -2.02. The Balaban J connectivity index is 1.54. The standard InChI is InChI=1S/C19H15ClN4O2S2/c20-12-8-14-15(26-10-25-14)9-16(12)28-19-23-17-13(3-5-22-18(17)21)24(19)6-4-11-2-1-7-27-11/h1-3,5,7-9H,4,6,10H2,(H2,21,22). The number of aromatic nitrogens is 3. The average molecular weight is 431 g/mol. The third-order valence-corrected chi connectivity index (χ3v) is 6.86. The van der Waals surface area contributed by atoms with Crippen LogP contribution in [0.25, 0.3) is 11.0 Å². The molecule has 0 radical (unpaired) electrons. The number of halogens is 1. The van der Waals surface area contributed by atoms with Crippen LogP contribution in [-0.2, 0) is 13.0 Å². The van der Waals surface area contributed by atoms with Gasteiger partial charge in [-0.2, -0.15) is 0 Å². The maximum absolute atomic E-state index is 6.47. The van der Waals surface area contributed by atoms with E-state index in [0.29, 0.717) is 27.9 Å². The highest BCUT2D eigenvalue weighted by Gasteiger charge is 2.20. The molecular formula is C19H15ClN4O2S2. The molecule has 0 atom stereocenters. The number of anilines is 1. The molecule has 1 aliphatic rings. The number of ether oxygens (including phenoxy) is 2. The maximum Gasteiger partial charge on any atom is 0.231 e. The Kier molecular flexibility index (Phi) is 4.54. The van der Waals surface area contributed by atoms with Crippen LogP contribution in [0.5, 0.6) is 11.5 Å². The number of hydrogen-bond acceptors (Lipinski definition) is 7. The van der Waals surface area contributed by atoms with Crippen molar-refractivity contribution in [1.82, 2.24) is 14.5 Å². The number of rotatable bonds is 5. The molecule has 1 aliphatic heterocycles. The molecule has 2 N–H and O–H groups in total. The van der Waals surface area contributed by atoms with E-state index in [9.17, 15) is 0 Å². The quantitative estimate of drug-likeness (QED) is 0.487. The summed E-state index contributed by atoms with van der Waals surface area (Å²) in [7, 11) is 0. The molecule has 3 aromatic heterocycles. The topological polar surface area (TPSA) is 75.2 Å². The second kappa shape index (κ2) is 7.20. The van der Waals surface area contributed by atoms with Gasteiger partial charge in [-0.1, -0.05) is 17.7 Å². The molecule has 0 bridgehead atoms. The number of imidazole rings is 1. The van der Waals surface area contributed by atoms with Crippen LogP contribution in [0.4, 0.5) is 5.82 Å². The summed E-state index contributed by atoms with van der Waals surface area (Å²) in [6.07, 6.45) is 2.62. The van der Waals surface area contributed by atoms with Crippen molar-refractivity contribution in [3.63, 3.8) is 0 Å². The summed E-state index contributed by atoms with van der Waals surface area (Å²) < 4.78 is 13.0. The molecule has 9 heteroatoms. The number of hydrogen-bond donors (Lipinski definition) is 1. The minimum atomic E-state index is 0.210. The Morgan fingerprint density at radius 2 is 2.11 bits per heavy atom. The summed E-state index contributed by atoms with van der Waals surface area (Å²) in [5.74, 6) is 1.77. The molecule has 1 aromatic carbocycles. The predicted molar refractivity (Wildman–Crippen MR) is 112 cm³/mol. The lowest BCUT2D eigenvalue weighted by atomic mass is 10.3. The van der Waals surface area contributed by atoms with Crippen molar-refractivity contribution in [2.24, 2.45) is 0 Å². The molecule has 0 unspecified atom stereocenters. The van der Waals surface area contributed by atoms with Crippen LogP contribution < -0.4 is 15.2 Å². The maximum atomic E-state index is 6.47. The molecule has 4 aromatic rings. The first-order valence-electron chi connectivity index (χ1n) is 8.59. The van der Waals surface area contributed by atoms with Gasteiger partial charge in [-0.25, -0.2) is 9.97 Å². The van der Waals surface area contributed by atoms with E-state index in [-0.39, 0.29) is 6.79 Å². The van der Waals surface area contributed by atoms with Gasteiger partial charge < -0.3 is 19.8 Å². The lowest BCUT2D eigenvalue weighted by Gasteiger charge is -2.10. The molecule has 28 heavy (non-hydrogen) atoms. The Bertz CT molecular complexity index is 1160. The van der Waals surface area contributed by atoms with Gasteiger partial charge in [-0.05, 0) is 41.8 Å². The Morgan fingerprint density at radius 3 is 2.93 bits per heavy atom. The Labute approximate surface area is 174 Å². The Morgan fingerprint density at radius 1 is 1.25 bits per heavy atom. The largest absolute Gasteiger partial charge is 0.454 e. The molecule has 0 aliphatic carbocycles. The number of benzene rings is 1. The van der Waals surface area contributed by atoms with E-state index in [2.05, 4.69) is 27.1 Å². The molecule has 142 valence electrons. The van der Waals surface area contributed by atoms with Crippen molar-refractivity contribution >= 4 is 51.6 Å². The minimum Gasteiger partial charge on any atom is -0.454 e. The van der Waals surface area contributed by atoms with E-state index in [4.69, 9.17) is 31.8 Å². The fourth-order valence-electron chi connectivity index (χ4n) is 3.10. The van der Waals surface area contributed by atoms with Gasteiger partial charge in [0.25, 0.3) is 0 Å². The first-order chi connectivity index (χ1) is 13.7. The number of nitrogen functional groups attached to an aromatic ring is 1. The van der Waals surface area contributed by atoms with Gasteiger partial charge in [0.15, 0.2) is 22.5 Å². The normalized spacial score (nSPS) is 12.8. The van der Waals surface area contributed by atoms with Crippen LogP contribution in [0.3, 0.4) is 0 Å². The molecule has 4 heterocycles. The van der Waals surface area contributed by atoms with Gasteiger partial charge in [0.2, 0.25) is 6.79 Å². The van der Waals surface area contributed by atoms with E-state index in [1.807, 2.05) is 12.1 Å². The van der Waals surface area contributed by atoms with Crippen molar-refractivity contribution < 1.29 is 9.47 Å². The van der Waals surface area contributed by atoms with Crippen LogP contribution in [0, 0.1) is 0 Å². The fraction of sp³-hybridized carbons (Fsp3) is 0.158. The summed E-state index contributed by atoms with van der Waals surface area (Å²) in [5.41, 5.74) is 7.73. The van der Waals surface area contributed by atoms with E-state index in [1.54, 1.807) is 23.6 Å². The zero-order valence-electron chi connectivity index (χ0n) is 14.6. The highest BCUT2D eigenvalue weighted by atomic mass is 35.5. The first-order valence-corrected chi connectivity index (χ1v) is 10.7. The van der Waals surface area contributed by atoms with Crippen LogP contribution in [-0.4, -0.2) is 21.3 Å².